The number of pyridine rings is 1. The molecule has 4 N–H and O–H groups in total. The summed E-state index contributed by atoms with van der Waals surface area (Å²) in [5, 5.41) is 48.2. The lowest BCUT2D eigenvalue weighted by atomic mass is 9.90. The second-order valence-corrected chi connectivity index (χ2v) is 15.8. The molecule has 0 saturated heterocycles. The number of aryl methyl sites for hydroxylation is 1. The number of rotatable bonds is 16. The number of carboxylic acid groups (broad SMARTS) is 2. The van der Waals surface area contributed by atoms with E-state index < -0.39 is 42.0 Å². The number of fused-ring (bicyclic) bond motifs is 1. The van der Waals surface area contributed by atoms with Crippen molar-refractivity contribution in [2.75, 3.05) is 12.9 Å². The van der Waals surface area contributed by atoms with Crippen molar-refractivity contribution in [2.45, 2.75) is 75.2 Å². The molecule has 1 heterocycles. The number of aliphatic hydroxyl groups is 2. The number of carbonyl (C=O) groups is 3. The number of thioether (sulfide) groups is 1. The highest BCUT2D eigenvalue weighted by Gasteiger charge is 2.43. The highest BCUT2D eigenvalue weighted by Crippen LogP contribution is 2.53. The van der Waals surface area contributed by atoms with E-state index in [1.54, 1.807) is 0 Å². The Morgan fingerprint density at radius 3 is 2.30 bits per heavy atom. The maximum absolute atomic E-state index is 10.9. The van der Waals surface area contributed by atoms with Gasteiger partial charge in [-0.1, -0.05) is 78.3 Å². The van der Waals surface area contributed by atoms with Crippen LogP contribution in [-0.2, 0) is 31.1 Å². The summed E-state index contributed by atoms with van der Waals surface area (Å²) in [5.74, 6) is -3.25. The predicted octanol–water partition coefficient (Wildman–Crippen LogP) is 8.23. The average molecular weight is 773 g/mol. The van der Waals surface area contributed by atoms with Crippen LogP contribution in [0.5, 0.6) is 0 Å². The van der Waals surface area contributed by atoms with Gasteiger partial charge in [0.1, 0.15) is 0 Å². The lowest BCUT2D eigenvalue weighted by Crippen LogP contribution is -2.43. The normalized spacial score (nSPS) is 14.1. The van der Waals surface area contributed by atoms with Gasteiger partial charge in [-0.2, -0.15) is 17.0 Å². The van der Waals surface area contributed by atoms with E-state index in [2.05, 4.69) is 59.3 Å². The van der Waals surface area contributed by atoms with Crippen LogP contribution < -0.4 is 0 Å². The van der Waals surface area contributed by atoms with E-state index in [4.69, 9.17) is 26.8 Å². The number of hydrogen-bond donors (Lipinski definition) is 4. The molecule has 0 unspecified atom stereocenters. The highest BCUT2D eigenvalue weighted by molar-refractivity contribution is 7.99. The van der Waals surface area contributed by atoms with E-state index in [1.807, 2.05) is 68.1 Å². The molecule has 1 saturated carbocycles. The molecule has 0 spiro atoms. The summed E-state index contributed by atoms with van der Waals surface area (Å²) >= 11 is 8.15. The zero-order valence-corrected chi connectivity index (χ0v) is 32.1. The van der Waals surface area contributed by atoms with Gasteiger partial charge in [0.05, 0.1) is 42.8 Å². The SMILES string of the molecule is CC(C)(O)c1ccccc1CC[C@@H](SCC1(CC#N)CC1)c1cccc(/C=C/c2ccc3ccc(Cl)cc3n2)c1.COC(=O)C(O)(CC(=O)O)CC(=O)O. The topological polar surface area (TPSA) is 178 Å². The minimum atomic E-state index is -2.51. The van der Waals surface area contributed by atoms with Crippen molar-refractivity contribution in [1.29, 1.82) is 5.26 Å². The number of nitriles is 1. The third-order valence-corrected chi connectivity index (χ3v) is 11.1. The van der Waals surface area contributed by atoms with Gasteiger partial charge in [-0.25, -0.2) is 9.78 Å². The fourth-order valence-electron chi connectivity index (χ4n) is 6.10. The van der Waals surface area contributed by atoms with Gasteiger partial charge in [0, 0.05) is 27.8 Å². The summed E-state index contributed by atoms with van der Waals surface area (Å²) in [6.07, 6.45) is 6.92. The van der Waals surface area contributed by atoms with Crippen molar-refractivity contribution in [3.8, 4) is 6.07 Å². The van der Waals surface area contributed by atoms with Gasteiger partial charge in [-0.3, -0.25) is 9.59 Å². The third-order valence-electron chi connectivity index (χ3n) is 9.21. The van der Waals surface area contributed by atoms with Crippen molar-refractivity contribution in [3.05, 3.63) is 112 Å². The fourth-order valence-corrected chi connectivity index (χ4v) is 7.84. The zero-order chi connectivity index (χ0) is 39.5. The average Bonchev–Trinajstić information content (AvgIpc) is 3.89. The number of aromatic nitrogens is 1. The first kappa shape index (κ1) is 42.0. The minimum Gasteiger partial charge on any atom is -0.481 e. The number of nitrogens with zero attached hydrogens (tertiary/aromatic N) is 2. The smallest absolute Gasteiger partial charge is 0.339 e. The fraction of sp³-hybridized carbons (Fsp3) is 0.357. The summed E-state index contributed by atoms with van der Waals surface area (Å²) in [6.45, 7) is 3.71. The number of carboxylic acids is 2. The number of esters is 1. The van der Waals surface area contributed by atoms with Gasteiger partial charge in [-0.15, -0.1) is 0 Å². The molecule has 54 heavy (non-hydrogen) atoms. The predicted molar refractivity (Wildman–Crippen MR) is 211 cm³/mol. The van der Waals surface area contributed by atoms with E-state index >= 15 is 0 Å². The lowest BCUT2D eigenvalue weighted by molar-refractivity contribution is -0.173. The molecule has 0 aliphatic heterocycles. The Kier molecular flexibility index (Phi) is 14.4. The monoisotopic (exact) mass is 772 g/mol. The number of benzene rings is 3. The molecule has 10 nitrogen and oxygen atoms in total. The van der Waals surface area contributed by atoms with Crippen LogP contribution in [0.25, 0.3) is 23.1 Å². The Bertz CT molecular complexity index is 2020. The van der Waals surface area contributed by atoms with Crippen LogP contribution in [0.2, 0.25) is 5.02 Å². The maximum Gasteiger partial charge on any atom is 0.339 e. The second-order valence-electron chi connectivity index (χ2n) is 14.1. The summed E-state index contributed by atoms with van der Waals surface area (Å²) in [7, 11) is 0.928. The van der Waals surface area contributed by atoms with Crippen LogP contribution in [0.1, 0.15) is 85.6 Å². The molecule has 4 aromatic rings. The Labute approximate surface area is 324 Å². The van der Waals surface area contributed by atoms with Crippen LogP contribution in [0.4, 0.5) is 0 Å². The van der Waals surface area contributed by atoms with Crippen LogP contribution >= 0.6 is 23.4 Å². The van der Waals surface area contributed by atoms with Crippen molar-refractivity contribution >= 4 is 64.3 Å². The number of methoxy groups -OCH3 is 1. The molecule has 1 aliphatic rings. The van der Waals surface area contributed by atoms with E-state index in [0.717, 1.165) is 66.3 Å². The molecule has 0 radical (unpaired) electrons. The van der Waals surface area contributed by atoms with Gasteiger partial charge in [-0.05, 0) is 91.5 Å². The highest BCUT2D eigenvalue weighted by atomic mass is 35.5. The van der Waals surface area contributed by atoms with Crippen LogP contribution in [0.15, 0.2) is 78.9 Å². The molecule has 1 fully saturated rings. The van der Waals surface area contributed by atoms with Gasteiger partial charge in [0.15, 0.2) is 5.60 Å². The van der Waals surface area contributed by atoms with Crippen molar-refractivity contribution in [1.82, 2.24) is 4.98 Å². The van der Waals surface area contributed by atoms with E-state index in [1.165, 1.54) is 11.1 Å². The number of hydrogen-bond acceptors (Lipinski definition) is 9. The zero-order valence-electron chi connectivity index (χ0n) is 30.5. The first-order valence-electron chi connectivity index (χ1n) is 17.4. The third kappa shape index (κ3) is 12.1. The number of carbonyl (C=O) groups excluding carboxylic acids is 1. The summed E-state index contributed by atoms with van der Waals surface area (Å²) < 4.78 is 4.10. The van der Waals surface area contributed by atoms with E-state index in [0.29, 0.717) is 16.7 Å². The van der Waals surface area contributed by atoms with E-state index in [9.17, 15) is 29.9 Å². The van der Waals surface area contributed by atoms with Gasteiger partial charge in [0.25, 0.3) is 0 Å². The van der Waals surface area contributed by atoms with Gasteiger partial charge < -0.3 is 25.2 Å². The molecule has 1 aliphatic carbocycles. The first-order chi connectivity index (χ1) is 25.6. The summed E-state index contributed by atoms with van der Waals surface area (Å²) in [4.78, 5) is 36.2. The number of ether oxygens (including phenoxy) is 1. The van der Waals surface area contributed by atoms with Gasteiger partial charge in [0.2, 0.25) is 0 Å². The van der Waals surface area contributed by atoms with Crippen molar-refractivity contribution < 1.29 is 39.5 Å². The molecular weight excluding hydrogens is 728 g/mol. The molecule has 0 bridgehead atoms. The van der Waals surface area contributed by atoms with Crippen LogP contribution in [0, 0.1) is 16.7 Å². The van der Waals surface area contributed by atoms with E-state index in [-0.39, 0.29) is 5.41 Å². The first-order valence-corrected chi connectivity index (χ1v) is 18.9. The maximum atomic E-state index is 10.9. The lowest BCUT2D eigenvalue weighted by Gasteiger charge is -2.24. The Hall–Kier alpha value is -4.73. The Morgan fingerprint density at radius 1 is 0.981 bits per heavy atom. The van der Waals surface area contributed by atoms with Crippen LogP contribution in [0.3, 0.4) is 0 Å². The number of aliphatic carboxylic acids is 2. The molecule has 12 heteroatoms. The minimum absolute atomic E-state index is 0.185. The molecule has 3 aromatic carbocycles. The molecular formula is C42H45ClN2O8S. The van der Waals surface area contributed by atoms with Gasteiger partial charge >= 0.3 is 17.9 Å². The van der Waals surface area contributed by atoms with Crippen molar-refractivity contribution in [3.63, 3.8) is 0 Å². The summed E-state index contributed by atoms with van der Waals surface area (Å²) in [6, 6.07) is 29.2. The Morgan fingerprint density at radius 2 is 1.67 bits per heavy atom. The molecule has 0 amide bonds. The molecule has 1 atom stereocenters. The molecule has 284 valence electrons. The van der Waals surface area contributed by atoms with Crippen LogP contribution in [-0.4, -0.2) is 61.8 Å². The quantitative estimate of drug-likeness (QED) is 0.0807. The number of halogens is 1. The Balaban J connectivity index is 0.000000395. The molecule has 1 aromatic heterocycles. The molecule has 5 rings (SSSR count). The second kappa shape index (κ2) is 18.5. The largest absolute Gasteiger partial charge is 0.481 e. The van der Waals surface area contributed by atoms with Crippen molar-refractivity contribution in [2.24, 2.45) is 5.41 Å². The summed E-state index contributed by atoms with van der Waals surface area (Å²) in [5.41, 5.74) is 3.18. The standard InChI is InChI=1S/C35H35ClN2OS.C7H10O7/c1-34(2,39)31-9-4-3-7-26(31)13-17-33(40-24-35(18-19-35)20-21-37)28-8-5-6-25(22-28)10-15-30-16-12-27-11-14-29(36)23-32(27)38-30;1-14-6(12)7(13,2-4(8)9)3-5(10)11/h3-12,14-16,22-23,33,39H,13,17-20,24H2,1-2H3;13H,2-3H2,1H3,(H,8,9)(H,10,11)/b15-10+;/t33-;/m1./s1.